The molecule has 0 aliphatic heterocycles. The molecule has 0 spiro atoms. The molecule has 1 aromatic carbocycles. The average molecular weight is 279 g/mol. The third-order valence-corrected chi connectivity index (χ3v) is 3.05. The second-order valence-electron chi connectivity index (χ2n) is 6.02. The molecule has 0 aliphatic rings. The van der Waals surface area contributed by atoms with Crippen molar-refractivity contribution < 1.29 is 14.3 Å². The number of carbonyl (C=O) groups excluding carboxylic acids is 1. The van der Waals surface area contributed by atoms with E-state index in [-0.39, 0.29) is 17.4 Å². The Kier molecular flexibility index (Phi) is 5.43. The molecule has 112 valence electrons. The van der Waals surface area contributed by atoms with E-state index in [1.165, 1.54) is 0 Å². The van der Waals surface area contributed by atoms with Gasteiger partial charge in [0.2, 0.25) is 5.91 Å². The van der Waals surface area contributed by atoms with E-state index in [9.17, 15) is 4.79 Å². The number of nitrogens with one attached hydrogen (secondary N) is 1. The van der Waals surface area contributed by atoms with Crippen LogP contribution in [0.3, 0.4) is 0 Å². The summed E-state index contributed by atoms with van der Waals surface area (Å²) < 4.78 is 10.5. The molecule has 20 heavy (non-hydrogen) atoms. The largest absolute Gasteiger partial charge is 0.493 e. The minimum Gasteiger partial charge on any atom is -0.493 e. The summed E-state index contributed by atoms with van der Waals surface area (Å²) in [5, 5.41) is 3.02. The smallest absolute Gasteiger partial charge is 0.225 e. The van der Waals surface area contributed by atoms with Crippen molar-refractivity contribution in [1.82, 2.24) is 5.32 Å². The molecule has 0 fully saturated rings. The molecule has 0 bridgehead atoms. The third kappa shape index (κ3) is 4.44. The van der Waals surface area contributed by atoms with E-state index in [0.29, 0.717) is 11.5 Å². The summed E-state index contributed by atoms with van der Waals surface area (Å²) in [4.78, 5) is 11.9. The zero-order valence-corrected chi connectivity index (χ0v) is 13.2. The van der Waals surface area contributed by atoms with Gasteiger partial charge in [-0.05, 0) is 31.0 Å². The van der Waals surface area contributed by atoms with Gasteiger partial charge < -0.3 is 14.8 Å². The van der Waals surface area contributed by atoms with Crippen molar-refractivity contribution in [2.24, 2.45) is 5.41 Å². The molecule has 0 saturated carbocycles. The first kappa shape index (κ1) is 16.3. The van der Waals surface area contributed by atoms with Crippen molar-refractivity contribution in [3.05, 3.63) is 23.8 Å². The van der Waals surface area contributed by atoms with E-state index in [2.05, 4.69) is 5.32 Å². The lowest BCUT2D eigenvalue weighted by molar-refractivity contribution is -0.129. The Balaban J connectivity index is 2.71. The van der Waals surface area contributed by atoms with Gasteiger partial charge in [0.1, 0.15) is 0 Å². The fraction of sp³-hybridized carbons (Fsp3) is 0.562. The summed E-state index contributed by atoms with van der Waals surface area (Å²) in [6.45, 7) is 7.72. The fourth-order valence-electron chi connectivity index (χ4n) is 1.85. The minimum atomic E-state index is -0.369. The Morgan fingerprint density at radius 3 is 2.30 bits per heavy atom. The number of amides is 1. The molecular formula is C16H25NO3. The van der Waals surface area contributed by atoms with E-state index < -0.39 is 0 Å². The quantitative estimate of drug-likeness (QED) is 0.901. The van der Waals surface area contributed by atoms with Crippen molar-refractivity contribution in [3.8, 4) is 11.5 Å². The molecule has 0 saturated heterocycles. The van der Waals surface area contributed by atoms with Crippen LogP contribution in [0.1, 0.15) is 33.3 Å². The average Bonchev–Trinajstić information content (AvgIpc) is 2.37. The van der Waals surface area contributed by atoms with Crippen molar-refractivity contribution >= 4 is 5.91 Å². The highest BCUT2D eigenvalue weighted by Gasteiger charge is 2.22. The maximum absolute atomic E-state index is 11.9. The van der Waals surface area contributed by atoms with Crippen LogP contribution < -0.4 is 14.8 Å². The van der Waals surface area contributed by atoms with Crippen molar-refractivity contribution in [2.45, 2.75) is 40.2 Å². The van der Waals surface area contributed by atoms with Gasteiger partial charge in [0.05, 0.1) is 14.2 Å². The monoisotopic (exact) mass is 279 g/mol. The van der Waals surface area contributed by atoms with Crippen LogP contribution in [0, 0.1) is 5.41 Å². The van der Waals surface area contributed by atoms with E-state index in [1.807, 2.05) is 45.9 Å². The van der Waals surface area contributed by atoms with Gasteiger partial charge >= 0.3 is 0 Å². The molecule has 0 aliphatic carbocycles. The first-order chi connectivity index (χ1) is 9.27. The molecule has 4 nitrogen and oxygen atoms in total. The third-order valence-electron chi connectivity index (χ3n) is 3.05. The zero-order valence-electron chi connectivity index (χ0n) is 13.2. The summed E-state index contributed by atoms with van der Waals surface area (Å²) in [6, 6.07) is 5.88. The van der Waals surface area contributed by atoms with Crippen LogP contribution >= 0.6 is 0 Å². The van der Waals surface area contributed by atoms with E-state index in [4.69, 9.17) is 9.47 Å². The maximum atomic E-state index is 11.9. The van der Waals surface area contributed by atoms with Crippen LogP contribution in [-0.2, 0) is 11.2 Å². The molecule has 0 radical (unpaired) electrons. The van der Waals surface area contributed by atoms with Crippen LogP contribution in [0.25, 0.3) is 0 Å². The number of hydrogen-bond donors (Lipinski definition) is 1. The molecule has 0 heterocycles. The zero-order chi connectivity index (χ0) is 15.3. The number of methoxy groups -OCH3 is 2. The standard InChI is InChI=1S/C16H25NO3/c1-11(17-15(18)16(2,3)4)9-12-7-8-13(19-5)14(10-12)20-6/h7-8,10-11H,9H2,1-6H3,(H,17,18). The molecule has 0 aromatic heterocycles. The Morgan fingerprint density at radius 2 is 1.80 bits per heavy atom. The summed E-state index contributed by atoms with van der Waals surface area (Å²) in [5.41, 5.74) is 0.732. The number of ether oxygens (including phenoxy) is 2. The summed E-state index contributed by atoms with van der Waals surface area (Å²) >= 11 is 0. The summed E-state index contributed by atoms with van der Waals surface area (Å²) in [5.74, 6) is 1.48. The van der Waals surface area contributed by atoms with Crippen molar-refractivity contribution in [2.75, 3.05) is 14.2 Å². The predicted octanol–water partition coefficient (Wildman–Crippen LogP) is 2.80. The summed E-state index contributed by atoms with van der Waals surface area (Å²) in [6.07, 6.45) is 0.752. The first-order valence-electron chi connectivity index (χ1n) is 6.79. The van der Waals surface area contributed by atoms with Gasteiger partial charge in [-0.3, -0.25) is 4.79 Å². The number of carbonyl (C=O) groups is 1. The highest BCUT2D eigenvalue weighted by atomic mass is 16.5. The maximum Gasteiger partial charge on any atom is 0.225 e. The van der Waals surface area contributed by atoms with Gasteiger partial charge in [0.15, 0.2) is 11.5 Å². The SMILES string of the molecule is COc1ccc(CC(C)NC(=O)C(C)(C)C)cc1OC. The Morgan fingerprint density at radius 1 is 1.20 bits per heavy atom. The number of hydrogen-bond acceptors (Lipinski definition) is 3. The van der Waals surface area contributed by atoms with Crippen LogP contribution in [0.4, 0.5) is 0 Å². The van der Waals surface area contributed by atoms with Crippen LogP contribution in [0.2, 0.25) is 0 Å². The van der Waals surface area contributed by atoms with Crippen molar-refractivity contribution in [3.63, 3.8) is 0 Å². The predicted molar refractivity (Wildman–Crippen MR) is 80.3 cm³/mol. The highest BCUT2D eigenvalue weighted by Crippen LogP contribution is 2.28. The molecular weight excluding hydrogens is 254 g/mol. The first-order valence-corrected chi connectivity index (χ1v) is 6.79. The van der Waals surface area contributed by atoms with Gasteiger partial charge in [-0.15, -0.1) is 0 Å². The van der Waals surface area contributed by atoms with Crippen LogP contribution in [0.5, 0.6) is 11.5 Å². The second-order valence-corrected chi connectivity index (χ2v) is 6.02. The Hall–Kier alpha value is -1.71. The van der Waals surface area contributed by atoms with Gasteiger partial charge in [-0.2, -0.15) is 0 Å². The van der Waals surface area contributed by atoms with Gasteiger partial charge in [-0.25, -0.2) is 0 Å². The Labute approximate surface area is 121 Å². The molecule has 4 heteroatoms. The molecule has 1 N–H and O–H groups in total. The number of rotatable bonds is 5. The highest BCUT2D eigenvalue weighted by molar-refractivity contribution is 5.81. The molecule has 1 aromatic rings. The molecule has 1 amide bonds. The normalized spacial score (nSPS) is 12.7. The fourth-order valence-corrected chi connectivity index (χ4v) is 1.85. The van der Waals surface area contributed by atoms with Crippen LogP contribution in [0.15, 0.2) is 18.2 Å². The lowest BCUT2D eigenvalue weighted by Crippen LogP contribution is -2.41. The van der Waals surface area contributed by atoms with Gasteiger partial charge in [0.25, 0.3) is 0 Å². The lowest BCUT2D eigenvalue weighted by atomic mass is 9.95. The topological polar surface area (TPSA) is 47.6 Å². The minimum absolute atomic E-state index is 0.0606. The molecule has 1 unspecified atom stereocenters. The van der Waals surface area contributed by atoms with Crippen LogP contribution in [-0.4, -0.2) is 26.2 Å². The van der Waals surface area contributed by atoms with E-state index in [1.54, 1.807) is 14.2 Å². The second kappa shape index (κ2) is 6.64. The number of benzene rings is 1. The summed E-state index contributed by atoms with van der Waals surface area (Å²) in [7, 11) is 3.23. The van der Waals surface area contributed by atoms with Gasteiger partial charge in [-0.1, -0.05) is 26.8 Å². The molecule has 1 rings (SSSR count). The van der Waals surface area contributed by atoms with Gasteiger partial charge in [0, 0.05) is 11.5 Å². The molecule has 1 atom stereocenters. The van der Waals surface area contributed by atoms with Crippen molar-refractivity contribution in [1.29, 1.82) is 0 Å². The Bertz CT molecular complexity index is 463. The van der Waals surface area contributed by atoms with E-state index >= 15 is 0 Å². The van der Waals surface area contributed by atoms with E-state index in [0.717, 1.165) is 12.0 Å². The lowest BCUT2D eigenvalue weighted by Gasteiger charge is -2.22.